The fraction of sp³-hybridized carbons (Fsp3) is 0.0625. The summed E-state index contributed by atoms with van der Waals surface area (Å²) in [7, 11) is 1.66. The number of phenolic OH excluding ortho intramolecular Hbond substituents is 1. The molecule has 0 saturated heterocycles. The van der Waals surface area contributed by atoms with Crippen LogP contribution < -0.4 is 4.74 Å². The van der Waals surface area contributed by atoms with Gasteiger partial charge >= 0.3 is 11.4 Å². The van der Waals surface area contributed by atoms with E-state index in [2.05, 4.69) is 4.98 Å². The van der Waals surface area contributed by atoms with Crippen molar-refractivity contribution in [3.8, 4) is 11.5 Å². The minimum atomic E-state index is -1.21. The molecule has 1 heterocycles. The highest BCUT2D eigenvalue weighted by Gasteiger charge is 2.30. The number of nitro groups is 3. The minimum absolute atomic E-state index is 0.447. The van der Waals surface area contributed by atoms with Crippen LogP contribution in [-0.2, 0) is 0 Å². The SMILES string of the molecule is COc1ccc2ncccc2c1.O=[N+]([O-])c1cc([N+](=O)[O-])c(O)c([N+](=O)[O-])c1. The first-order chi connectivity index (χ1) is 13.2. The van der Waals surface area contributed by atoms with E-state index in [1.807, 2.05) is 30.3 Å². The van der Waals surface area contributed by atoms with Gasteiger partial charge in [-0.05, 0) is 24.3 Å². The van der Waals surface area contributed by atoms with Crippen molar-refractivity contribution in [3.63, 3.8) is 0 Å². The first-order valence-electron chi connectivity index (χ1n) is 7.43. The summed E-state index contributed by atoms with van der Waals surface area (Å²) < 4.78 is 5.09. The second-order valence-electron chi connectivity index (χ2n) is 5.17. The zero-order valence-electron chi connectivity index (χ0n) is 14.2. The molecule has 1 N–H and O–H groups in total. The molecule has 0 aliphatic rings. The molecule has 0 fully saturated rings. The topological polar surface area (TPSA) is 172 Å². The van der Waals surface area contributed by atoms with E-state index in [9.17, 15) is 30.3 Å². The van der Waals surface area contributed by atoms with Gasteiger partial charge in [-0.3, -0.25) is 35.3 Å². The van der Waals surface area contributed by atoms with Crippen molar-refractivity contribution in [1.29, 1.82) is 0 Å². The summed E-state index contributed by atoms with van der Waals surface area (Å²) in [4.78, 5) is 32.0. The van der Waals surface area contributed by atoms with Gasteiger partial charge < -0.3 is 9.84 Å². The monoisotopic (exact) mass is 388 g/mol. The molecular weight excluding hydrogens is 376 g/mol. The van der Waals surface area contributed by atoms with Crippen LogP contribution in [0.2, 0.25) is 0 Å². The number of pyridine rings is 1. The van der Waals surface area contributed by atoms with Crippen molar-refractivity contribution in [2.24, 2.45) is 0 Å². The number of nitrogens with zero attached hydrogens (tertiary/aromatic N) is 4. The smallest absolute Gasteiger partial charge is 0.324 e. The molecule has 3 aromatic rings. The quantitative estimate of drug-likeness (QED) is 0.519. The van der Waals surface area contributed by atoms with E-state index in [0.29, 0.717) is 12.1 Å². The number of benzene rings is 2. The van der Waals surface area contributed by atoms with Gasteiger partial charge in [-0.25, -0.2) is 0 Å². The highest BCUT2D eigenvalue weighted by Crippen LogP contribution is 2.38. The van der Waals surface area contributed by atoms with Crippen molar-refractivity contribution < 1.29 is 24.6 Å². The van der Waals surface area contributed by atoms with Crippen LogP contribution in [0.4, 0.5) is 17.1 Å². The summed E-state index contributed by atoms with van der Waals surface area (Å²) in [6.45, 7) is 0. The number of aromatic hydroxyl groups is 1. The summed E-state index contributed by atoms with van der Waals surface area (Å²) in [5, 5.41) is 41.3. The summed E-state index contributed by atoms with van der Waals surface area (Å²) in [5.74, 6) is -0.337. The Bertz CT molecular complexity index is 1030. The zero-order chi connectivity index (χ0) is 20.8. The third kappa shape index (κ3) is 4.43. The molecule has 0 bridgehead atoms. The third-order valence-electron chi connectivity index (χ3n) is 3.47. The van der Waals surface area contributed by atoms with Gasteiger partial charge in [0.2, 0.25) is 0 Å². The normalized spacial score (nSPS) is 9.89. The highest BCUT2D eigenvalue weighted by atomic mass is 16.6. The standard InChI is InChI=1S/C10H9NO.C6H3N3O7/c1-12-9-4-5-10-8(7-9)3-2-6-11-10;10-6-4(8(13)14)1-3(7(11)12)2-5(6)9(15)16/h2-7H,1H3;1-2,10H. The van der Waals surface area contributed by atoms with Crippen molar-refractivity contribution in [1.82, 2.24) is 4.98 Å². The summed E-state index contributed by atoms with van der Waals surface area (Å²) in [6, 6.07) is 10.7. The van der Waals surface area contributed by atoms with Crippen LogP contribution in [0.15, 0.2) is 48.7 Å². The molecule has 12 nitrogen and oxygen atoms in total. The number of fused-ring (bicyclic) bond motifs is 1. The Labute approximate surface area is 156 Å². The molecule has 0 atom stereocenters. The Morgan fingerprint density at radius 2 is 1.54 bits per heavy atom. The predicted octanol–water partition coefficient (Wildman–Crippen LogP) is 3.36. The van der Waals surface area contributed by atoms with E-state index in [4.69, 9.17) is 9.84 Å². The van der Waals surface area contributed by atoms with Crippen LogP contribution in [0, 0.1) is 30.3 Å². The van der Waals surface area contributed by atoms with E-state index < -0.39 is 37.6 Å². The minimum Gasteiger partial charge on any atom is -0.497 e. The van der Waals surface area contributed by atoms with E-state index in [0.717, 1.165) is 16.7 Å². The van der Waals surface area contributed by atoms with Gasteiger partial charge in [0.25, 0.3) is 11.4 Å². The Balaban J connectivity index is 0.000000207. The van der Waals surface area contributed by atoms with Gasteiger partial charge in [0.1, 0.15) is 5.75 Å². The Morgan fingerprint density at radius 3 is 2.04 bits per heavy atom. The number of phenols is 1. The first kappa shape index (κ1) is 20.0. The third-order valence-corrected chi connectivity index (χ3v) is 3.47. The Morgan fingerprint density at radius 1 is 0.929 bits per heavy atom. The summed E-state index contributed by atoms with van der Waals surface area (Å²) >= 11 is 0. The molecule has 28 heavy (non-hydrogen) atoms. The second-order valence-corrected chi connectivity index (χ2v) is 5.17. The molecule has 144 valence electrons. The molecular formula is C16H12N4O8. The van der Waals surface area contributed by atoms with Gasteiger partial charge in [0.05, 0.1) is 39.5 Å². The number of nitro benzene ring substituents is 3. The first-order valence-corrected chi connectivity index (χ1v) is 7.43. The molecule has 0 aliphatic carbocycles. The molecule has 0 aliphatic heterocycles. The van der Waals surface area contributed by atoms with Crippen LogP contribution in [0.5, 0.6) is 11.5 Å². The fourth-order valence-corrected chi connectivity index (χ4v) is 2.15. The average Bonchev–Trinajstić information content (AvgIpc) is 2.67. The highest BCUT2D eigenvalue weighted by molar-refractivity contribution is 5.79. The van der Waals surface area contributed by atoms with Crippen LogP contribution in [0.25, 0.3) is 10.9 Å². The van der Waals surface area contributed by atoms with E-state index in [1.54, 1.807) is 13.3 Å². The number of hydrogen-bond acceptors (Lipinski definition) is 9. The maximum atomic E-state index is 10.4. The number of hydrogen-bond donors (Lipinski definition) is 1. The maximum Gasteiger partial charge on any atom is 0.324 e. The Kier molecular flexibility index (Phi) is 5.96. The molecule has 12 heteroatoms. The largest absolute Gasteiger partial charge is 0.497 e. The maximum absolute atomic E-state index is 10.4. The molecule has 0 radical (unpaired) electrons. The fourth-order valence-electron chi connectivity index (χ4n) is 2.15. The van der Waals surface area contributed by atoms with Gasteiger partial charge in [-0.1, -0.05) is 6.07 Å². The lowest BCUT2D eigenvalue weighted by molar-refractivity contribution is -0.404. The van der Waals surface area contributed by atoms with Crippen molar-refractivity contribution in [2.75, 3.05) is 7.11 Å². The molecule has 0 amide bonds. The molecule has 2 aromatic carbocycles. The zero-order valence-corrected chi connectivity index (χ0v) is 14.2. The van der Waals surface area contributed by atoms with Crippen LogP contribution >= 0.6 is 0 Å². The number of non-ortho nitro benzene ring substituents is 1. The molecule has 3 rings (SSSR count). The number of methoxy groups -OCH3 is 1. The van der Waals surface area contributed by atoms with Crippen LogP contribution in [-0.4, -0.2) is 32.0 Å². The lowest BCUT2D eigenvalue weighted by Gasteiger charge is -2.00. The average molecular weight is 388 g/mol. The number of rotatable bonds is 4. The lowest BCUT2D eigenvalue weighted by atomic mass is 10.2. The van der Waals surface area contributed by atoms with Gasteiger partial charge in [-0.2, -0.15) is 0 Å². The predicted molar refractivity (Wildman–Crippen MR) is 96.4 cm³/mol. The number of aromatic nitrogens is 1. The molecule has 0 saturated carbocycles. The Hall–Kier alpha value is -4.35. The molecule has 0 spiro atoms. The van der Waals surface area contributed by atoms with E-state index >= 15 is 0 Å². The van der Waals surface area contributed by atoms with Gasteiger partial charge in [0.15, 0.2) is 0 Å². The van der Waals surface area contributed by atoms with E-state index in [-0.39, 0.29) is 0 Å². The summed E-state index contributed by atoms with van der Waals surface area (Å²) in [6.07, 6.45) is 1.79. The molecule has 1 aromatic heterocycles. The van der Waals surface area contributed by atoms with Crippen LogP contribution in [0.3, 0.4) is 0 Å². The van der Waals surface area contributed by atoms with Crippen LogP contribution in [0.1, 0.15) is 0 Å². The van der Waals surface area contributed by atoms with Gasteiger partial charge in [-0.15, -0.1) is 0 Å². The van der Waals surface area contributed by atoms with Crippen molar-refractivity contribution in [2.45, 2.75) is 0 Å². The van der Waals surface area contributed by atoms with Gasteiger partial charge in [0, 0.05) is 11.6 Å². The van der Waals surface area contributed by atoms with E-state index in [1.165, 1.54) is 0 Å². The second kappa shape index (κ2) is 8.35. The molecule has 0 unspecified atom stereocenters. The summed E-state index contributed by atoms with van der Waals surface area (Å²) in [5.41, 5.74) is -2.00. The number of ether oxygens (including phenoxy) is 1. The van der Waals surface area contributed by atoms with Crippen molar-refractivity contribution in [3.05, 3.63) is 79.0 Å². The lowest BCUT2D eigenvalue weighted by Crippen LogP contribution is -1.97. The van der Waals surface area contributed by atoms with Crippen molar-refractivity contribution >= 4 is 28.0 Å².